The zero-order valence-corrected chi connectivity index (χ0v) is 12.1. The number of hydrogen-bond acceptors (Lipinski definition) is 5. The van der Waals surface area contributed by atoms with E-state index in [2.05, 4.69) is 5.32 Å². The maximum absolute atomic E-state index is 11.7. The molecule has 0 aliphatic carbocycles. The molecule has 0 aliphatic rings. The van der Waals surface area contributed by atoms with Gasteiger partial charge in [0.05, 0.1) is 13.2 Å². The molecule has 4 nitrogen and oxygen atoms in total. The Morgan fingerprint density at radius 1 is 1.35 bits per heavy atom. The second kappa shape index (κ2) is 10.9. The van der Waals surface area contributed by atoms with Gasteiger partial charge in [-0.2, -0.15) is 11.8 Å². The van der Waals surface area contributed by atoms with Gasteiger partial charge in [-0.25, -0.2) is 0 Å². The first-order valence-electron chi connectivity index (χ1n) is 6.11. The Hall–Kier alpha value is -0.260. The van der Waals surface area contributed by atoms with E-state index in [1.807, 2.05) is 20.8 Å². The van der Waals surface area contributed by atoms with Gasteiger partial charge in [0.15, 0.2) is 0 Å². The first-order chi connectivity index (χ1) is 8.11. The minimum atomic E-state index is -0.190. The summed E-state index contributed by atoms with van der Waals surface area (Å²) in [7, 11) is 1.70. The molecule has 0 aromatic rings. The van der Waals surface area contributed by atoms with E-state index in [4.69, 9.17) is 9.47 Å². The summed E-state index contributed by atoms with van der Waals surface area (Å²) in [6.45, 7) is 7.09. The van der Waals surface area contributed by atoms with Crippen molar-refractivity contribution in [2.45, 2.75) is 39.3 Å². The second-order valence-electron chi connectivity index (χ2n) is 4.02. The molecule has 0 aromatic heterocycles. The van der Waals surface area contributed by atoms with Gasteiger partial charge in [-0.3, -0.25) is 4.79 Å². The van der Waals surface area contributed by atoms with Crippen LogP contribution in [0.15, 0.2) is 0 Å². The van der Waals surface area contributed by atoms with Crippen molar-refractivity contribution in [3.8, 4) is 0 Å². The zero-order valence-electron chi connectivity index (χ0n) is 11.3. The number of rotatable bonds is 10. The van der Waals surface area contributed by atoms with Crippen LogP contribution in [0.5, 0.6) is 0 Å². The number of methoxy groups -OCH3 is 1. The summed E-state index contributed by atoms with van der Waals surface area (Å²) in [4.78, 5) is 11.7. The van der Waals surface area contributed by atoms with Gasteiger partial charge in [0.1, 0.15) is 6.04 Å². The average Bonchev–Trinajstić information content (AvgIpc) is 2.27. The molecule has 0 spiro atoms. The summed E-state index contributed by atoms with van der Waals surface area (Å²) in [6, 6.07) is 0.0957. The lowest BCUT2D eigenvalue weighted by atomic mass is 10.2. The molecule has 5 heteroatoms. The first-order valence-corrected chi connectivity index (χ1v) is 7.26. The third-order valence-corrected chi connectivity index (χ3v) is 3.07. The van der Waals surface area contributed by atoms with E-state index in [0.29, 0.717) is 6.61 Å². The van der Waals surface area contributed by atoms with Gasteiger partial charge in [-0.1, -0.05) is 13.8 Å². The van der Waals surface area contributed by atoms with Crippen LogP contribution in [0.3, 0.4) is 0 Å². The topological polar surface area (TPSA) is 47.6 Å². The van der Waals surface area contributed by atoms with E-state index >= 15 is 0 Å². The van der Waals surface area contributed by atoms with Crippen molar-refractivity contribution < 1.29 is 14.3 Å². The number of carbonyl (C=O) groups excluding carboxylic acids is 1. The Morgan fingerprint density at radius 2 is 2.06 bits per heavy atom. The van der Waals surface area contributed by atoms with Crippen molar-refractivity contribution >= 4 is 17.7 Å². The van der Waals surface area contributed by atoms with Crippen LogP contribution in [-0.2, 0) is 14.3 Å². The zero-order chi connectivity index (χ0) is 13.1. The highest BCUT2D eigenvalue weighted by Gasteiger charge is 2.19. The van der Waals surface area contributed by atoms with E-state index in [-0.39, 0.29) is 18.1 Å². The van der Waals surface area contributed by atoms with Crippen molar-refractivity contribution in [1.29, 1.82) is 0 Å². The highest BCUT2D eigenvalue weighted by molar-refractivity contribution is 7.99. The highest BCUT2D eigenvalue weighted by Crippen LogP contribution is 2.07. The molecule has 0 heterocycles. The molecule has 102 valence electrons. The van der Waals surface area contributed by atoms with Crippen LogP contribution >= 0.6 is 11.8 Å². The van der Waals surface area contributed by atoms with Crippen LogP contribution in [0.25, 0.3) is 0 Å². The van der Waals surface area contributed by atoms with Gasteiger partial charge in [-0.05, 0) is 19.1 Å². The monoisotopic (exact) mass is 263 g/mol. The average molecular weight is 263 g/mol. The van der Waals surface area contributed by atoms with Gasteiger partial charge >= 0.3 is 5.97 Å². The van der Waals surface area contributed by atoms with Crippen LogP contribution in [-0.4, -0.2) is 49.9 Å². The Labute approximate surface area is 109 Å². The summed E-state index contributed by atoms with van der Waals surface area (Å²) in [5.41, 5.74) is 0. The molecule has 0 rings (SSSR count). The number of esters is 1. The molecule has 1 atom stereocenters. The molecular formula is C12H25NO3S. The SMILES string of the molecule is CCOC(=O)C(CCSCCOC)NC(C)C. The van der Waals surface area contributed by atoms with Crippen molar-refractivity contribution in [3.63, 3.8) is 0 Å². The van der Waals surface area contributed by atoms with Gasteiger partial charge in [0, 0.05) is 18.9 Å². The fraction of sp³-hybridized carbons (Fsp3) is 0.917. The molecule has 0 amide bonds. The van der Waals surface area contributed by atoms with Crippen molar-refractivity contribution in [3.05, 3.63) is 0 Å². The highest BCUT2D eigenvalue weighted by atomic mass is 32.2. The lowest BCUT2D eigenvalue weighted by Crippen LogP contribution is -2.42. The van der Waals surface area contributed by atoms with E-state index in [1.54, 1.807) is 18.9 Å². The maximum atomic E-state index is 11.7. The quantitative estimate of drug-likeness (QED) is 0.480. The maximum Gasteiger partial charge on any atom is 0.323 e. The van der Waals surface area contributed by atoms with Crippen LogP contribution in [0, 0.1) is 0 Å². The standard InChI is InChI=1S/C12H25NO3S/c1-5-16-12(14)11(13-10(2)3)6-8-17-9-7-15-4/h10-11,13H,5-9H2,1-4H3. The molecule has 17 heavy (non-hydrogen) atoms. The normalized spacial score (nSPS) is 12.8. The summed E-state index contributed by atoms with van der Waals surface area (Å²) in [6.07, 6.45) is 0.797. The van der Waals surface area contributed by atoms with E-state index in [1.165, 1.54) is 0 Å². The van der Waals surface area contributed by atoms with Gasteiger partial charge in [0.2, 0.25) is 0 Å². The molecule has 1 N–H and O–H groups in total. The number of ether oxygens (including phenoxy) is 2. The fourth-order valence-corrected chi connectivity index (χ4v) is 2.25. The van der Waals surface area contributed by atoms with Crippen LogP contribution < -0.4 is 5.32 Å². The molecular weight excluding hydrogens is 238 g/mol. The van der Waals surface area contributed by atoms with Crippen LogP contribution in [0.1, 0.15) is 27.2 Å². The van der Waals surface area contributed by atoms with Gasteiger partial charge in [0.25, 0.3) is 0 Å². The predicted octanol–water partition coefficient (Wildman–Crippen LogP) is 1.69. The molecule has 0 radical (unpaired) electrons. The number of hydrogen-bond donors (Lipinski definition) is 1. The van der Waals surface area contributed by atoms with Crippen molar-refractivity contribution in [1.82, 2.24) is 5.32 Å². The van der Waals surface area contributed by atoms with E-state index < -0.39 is 0 Å². The molecule has 0 aliphatic heterocycles. The lowest BCUT2D eigenvalue weighted by molar-refractivity contribution is -0.145. The number of nitrogens with one attached hydrogen (secondary N) is 1. The lowest BCUT2D eigenvalue weighted by Gasteiger charge is -2.19. The molecule has 0 saturated carbocycles. The van der Waals surface area contributed by atoms with Crippen LogP contribution in [0.2, 0.25) is 0 Å². The summed E-state index contributed by atoms with van der Waals surface area (Å²) in [5, 5.41) is 3.24. The van der Waals surface area contributed by atoms with Crippen molar-refractivity contribution in [2.75, 3.05) is 31.8 Å². The Morgan fingerprint density at radius 3 is 2.59 bits per heavy atom. The minimum Gasteiger partial charge on any atom is -0.465 e. The largest absolute Gasteiger partial charge is 0.465 e. The van der Waals surface area contributed by atoms with E-state index in [9.17, 15) is 4.79 Å². The van der Waals surface area contributed by atoms with Gasteiger partial charge in [-0.15, -0.1) is 0 Å². The predicted molar refractivity (Wildman–Crippen MR) is 72.5 cm³/mol. The Kier molecular flexibility index (Phi) is 10.7. The van der Waals surface area contributed by atoms with Crippen molar-refractivity contribution in [2.24, 2.45) is 0 Å². The summed E-state index contributed by atoms with van der Waals surface area (Å²) in [5.74, 6) is 1.76. The molecule has 1 unspecified atom stereocenters. The van der Waals surface area contributed by atoms with E-state index in [0.717, 1.165) is 24.5 Å². The first kappa shape index (κ1) is 16.7. The Bertz CT molecular complexity index is 200. The Balaban J connectivity index is 3.89. The third kappa shape index (κ3) is 9.44. The number of carbonyl (C=O) groups is 1. The number of thioether (sulfide) groups is 1. The molecule has 0 aromatic carbocycles. The minimum absolute atomic E-state index is 0.145. The smallest absolute Gasteiger partial charge is 0.323 e. The van der Waals surface area contributed by atoms with Crippen LogP contribution in [0.4, 0.5) is 0 Å². The van der Waals surface area contributed by atoms with Gasteiger partial charge < -0.3 is 14.8 Å². The molecule has 0 fully saturated rings. The fourth-order valence-electron chi connectivity index (χ4n) is 1.36. The third-order valence-electron chi connectivity index (χ3n) is 2.09. The molecule has 0 saturated heterocycles. The second-order valence-corrected chi connectivity index (χ2v) is 5.24. The molecule has 0 bridgehead atoms. The summed E-state index contributed by atoms with van der Waals surface area (Å²) < 4.78 is 10.0. The summed E-state index contributed by atoms with van der Waals surface area (Å²) >= 11 is 1.80.